The summed E-state index contributed by atoms with van der Waals surface area (Å²) in [6.07, 6.45) is -4.48. The Balaban J connectivity index is 2.44. The summed E-state index contributed by atoms with van der Waals surface area (Å²) in [5, 5.41) is 9.36. The maximum absolute atomic E-state index is 13.0. The van der Waals surface area contributed by atoms with Gasteiger partial charge in [0.25, 0.3) is 0 Å². The fourth-order valence-electron chi connectivity index (χ4n) is 1.63. The number of halogens is 4. The van der Waals surface area contributed by atoms with Crippen molar-refractivity contribution in [1.29, 1.82) is 0 Å². The molecule has 0 bridgehead atoms. The number of hydrogen-bond acceptors (Lipinski definition) is 2. The van der Waals surface area contributed by atoms with E-state index in [1.54, 1.807) is 24.3 Å². The molecule has 0 aliphatic heterocycles. The van der Waals surface area contributed by atoms with Crippen molar-refractivity contribution >= 4 is 23.4 Å². The van der Waals surface area contributed by atoms with Crippen LogP contribution in [0.15, 0.2) is 52.3 Å². The third-order valence-corrected chi connectivity index (χ3v) is 4.18. The first-order valence-electron chi connectivity index (χ1n) is 5.65. The van der Waals surface area contributed by atoms with Crippen molar-refractivity contribution in [2.45, 2.75) is 22.6 Å². The van der Waals surface area contributed by atoms with Crippen LogP contribution in [0, 0.1) is 0 Å². The van der Waals surface area contributed by atoms with Gasteiger partial charge in [0.15, 0.2) is 0 Å². The van der Waals surface area contributed by atoms with Crippen LogP contribution in [0.4, 0.5) is 13.2 Å². The summed E-state index contributed by atoms with van der Waals surface area (Å²) >= 11 is 6.91. The number of benzene rings is 2. The first-order chi connectivity index (χ1) is 9.41. The monoisotopic (exact) mass is 318 g/mol. The zero-order chi connectivity index (χ0) is 14.8. The summed E-state index contributed by atoms with van der Waals surface area (Å²) in [4.78, 5) is 0.610. The fraction of sp³-hybridized carbons (Fsp3) is 0.143. The molecule has 2 aromatic rings. The average Bonchev–Trinajstić information content (AvgIpc) is 2.40. The largest absolute Gasteiger partial charge is 0.417 e. The van der Waals surface area contributed by atoms with E-state index < -0.39 is 18.3 Å². The van der Waals surface area contributed by atoms with Crippen molar-refractivity contribution < 1.29 is 18.3 Å². The Kier molecular flexibility index (Phi) is 4.62. The molecule has 0 aromatic heterocycles. The van der Waals surface area contributed by atoms with Crippen LogP contribution in [-0.4, -0.2) is 5.11 Å². The Labute approximate surface area is 123 Å². The molecule has 0 fully saturated rings. The maximum Gasteiger partial charge on any atom is 0.417 e. The van der Waals surface area contributed by atoms with E-state index in [0.29, 0.717) is 9.92 Å². The second-order valence-corrected chi connectivity index (χ2v) is 5.51. The lowest BCUT2D eigenvalue weighted by Gasteiger charge is -2.14. The van der Waals surface area contributed by atoms with E-state index in [4.69, 9.17) is 16.7 Å². The van der Waals surface area contributed by atoms with Gasteiger partial charge in [-0.1, -0.05) is 41.6 Å². The molecule has 20 heavy (non-hydrogen) atoms. The highest BCUT2D eigenvalue weighted by Crippen LogP contribution is 2.41. The maximum atomic E-state index is 13.0. The third-order valence-electron chi connectivity index (χ3n) is 2.59. The van der Waals surface area contributed by atoms with Crippen LogP contribution in [0.25, 0.3) is 0 Å². The fourth-order valence-corrected chi connectivity index (χ4v) is 2.85. The highest BCUT2D eigenvalue weighted by molar-refractivity contribution is 7.99. The van der Waals surface area contributed by atoms with E-state index in [2.05, 4.69) is 0 Å². The smallest absolute Gasteiger partial charge is 0.392 e. The molecule has 0 spiro atoms. The quantitative estimate of drug-likeness (QED) is 0.859. The van der Waals surface area contributed by atoms with E-state index in [1.165, 1.54) is 12.1 Å². The van der Waals surface area contributed by atoms with Crippen molar-refractivity contribution in [3.63, 3.8) is 0 Å². The standard InChI is InChI=1S/C14H10ClF3OS/c15-11-3-1-2-4-13(11)20-12-6-5-9(8-19)7-10(12)14(16,17)18/h1-7,19H,8H2. The minimum atomic E-state index is -4.48. The van der Waals surface area contributed by atoms with Crippen LogP contribution in [0.2, 0.25) is 5.02 Å². The summed E-state index contributed by atoms with van der Waals surface area (Å²) < 4.78 is 39.1. The predicted octanol–water partition coefficient (Wildman–Crippen LogP) is 5.00. The highest BCUT2D eigenvalue weighted by Gasteiger charge is 2.34. The molecule has 0 saturated carbocycles. The summed E-state index contributed by atoms with van der Waals surface area (Å²) in [5.74, 6) is 0. The second kappa shape index (κ2) is 6.08. The number of hydrogen-bond donors (Lipinski definition) is 1. The van der Waals surface area contributed by atoms with Crippen molar-refractivity contribution in [3.8, 4) is 0 Å². The molecule has 1 nitrogen and oxygen atoms in total. The molecule has 1 N–H and O–H groups in total. The first-order valence-corrected chi connectivity index (χ1v) is 6.84. The lowest BCUT2D eigenvalue weighted by atomic mass is 10.1. The number of alkyl halides is 3. The van der Waals surface area contributed by atoms with Gasteiger partial charge in [-0.3, -0.25) is 0 Å². The van der Waals surface area contributed by atoms with E-state index in [0.717, 1.165) is 17.8 Å². The number of aliphatic hydroxyl groups is 1. The van der Waals surface area contributed by atoms with Gasteiger partial charge in [0.2, 0.25) is 0 Å². The number of aliphatic hydroxyl groups excluding tert-OH is 1. The average molecular weight is 319 g/mol. The minimum absolute atomic E-state index is 0.0581. The van der Waals surface area contributed by atoms with Crippen molar-refractivity contribution in [2.24, 2.45) is 0 Å². The molecule has 2 aromatic carbocycles. The molecule has 0 amide bonds. The van der Waals surface area contributed by atoms with Crippen LogP contribution in [0.3, 0.4) is 0 Å². The topological polar surface area (TPSA) is 20.2 Å². The second-order valence-electron chi connectivity index (χ2n) is 4.02. The molecule has 0 radical (unpaired) electrons. The van der Waals surface area contributed by atoms with Gasteiger partial charge in [0.1, 0.15) is 0 Å². The zero-order valence-corrected chi connectivity index (χ0v) is 11.7. The molecule has 0 heterocycles. The molecule has 6 heteroatoms. The summed E-state index contributed by atoms with van der Waals surface area (Å²) in [5.41, 5.74) is -0.546. The minimum Gasteiger partial charge on any atom is -0.392 e. The van der Waals surface area contributed by atoms with E-state index >= 15 is 0 Å². The van der Waals surface area contributed by atoms with Gasteiger partial charge in [-0.25, -0.2) is 0 Å². The molecular weight excluding hydrogens is 309 g/mol. The van der Waals surface area contributed by atoms with Crippen molar-refractivity contribution in [1.82, 2.24) is 0 Å². The summed E-state index contributed by atoms with van der Waals surface area (Å²) in [7, 11) is 0. The van der Waals surface area contributed by atoms with Crippen LogP contribution in [0.1, 0.15) is 11.1 Å². The van der Waals surface area contributed by atoms with Gasteiger partial charge in [-0.15, -0.1) is 0 Å². The molecular formula is C14H10ClF3OS. The van der Waals surface area contributed by atoms with E-state index in [9.17, 15) is 13.2 Å². The molecule has 0 saturated heterocycles. The van der Waals surface area contributed by atoms with Crippen molar-refractivity contribution in [3.05, 3.63) is 58.6 Å². The van der Waals surface area contributed by atoms with Crippen LogP contribution < -0.4 is 0 Å². The lowest BCUT2D eigenvalue weighted by molar-refractivity contribution is -0.139. The Bertz CT molecular complexity index is 614. The Hall–Kier alpha value is -1.17. The zero-order valence-electron chi connectivity index (χ0n) is 10.1. The molecule has 0 atom stereocenters. The van der Waals surface area contributed by atoms with Gasteiger partial charge in [-0.05, 0) is 29.8 Å². The number of rotatable bonds is 3. The normalized spacial score (nSPS) is 11.7. The van der Waals surface area contributed by atoms with Crippen molar-refractivity contribution in [2.75, 3.05) is 0 Å². The van der Waals surface area contributed by atoms with Gasteiger partial charge in [0.05, 0.1) is 17.2 Å². The van der Waals surface area contributed by atoms with Crippen LogP contribution in [-0.2, 0) is 12.8 Å². The predicted molar refractivity (Wildman–Crippen MR) is 72.9 cm³/mol. The SMILES string of the molecule is OCc1ccc(Sc2ccccc2Cl)c(C(F)(F)F)c1. The lowest BCUT2D eigenvalue weighted by Crippen LogP contribution is -2.07. The molecule has 0 aliphatic carbocycles. The van der Waals surface area contributed by atoms with Gasteiger partial charge < -0.3 is 5.11 Å². The van der Waals surface area contributed by atoms with Gasteiger partial charge in [-0.2, -0.15) is 13.2 Å². The molecule has 2 rings (SSSR count). The van der Waals surface area contributed by atoms with Crippen LogP contribution >= 0.6 is 23.4 Å². The Morgan fingerprint density at radius 3 is 2.35 bits per heavy atom. The van der Waals surface area contributed by atoms with E-state index in [1.807, 2.05) is 0 Å². The third kappa shape index (κ3) is 3.48. The Morgan fingerprint density at radius 1 is 1.05 bits per heavy atom. The molecule has 106 valence electrons. The molecule has 0 aliphatic rings. The first kappa shape index (κ1) is 15.2. The highest BCUT2D eigenvalue weighted by atomic mass is 35.5. The van der Waals surface area contributed by atoms with Gasteiger partial charge in [0, 0.05) is 9.79 Å². The summed E-state index contributed by atoms with van der Waals surface area (Å²) in [6, 6.07) is 10.5. The van der Waals surface area contributed by atoms with Gasteiger partial charge >= 0.3 is 6.18 Å². The van der Waals surface area contributed by atoms with Crippen LogP contribution in [0.5, 0.6) is 0 Å². The summed E-state index contributed by atoms with van der Waals surface area (Å²) in [6.45, 7) is -0.430. The van der Waals surface area contributed by atoms with E-state index in [-0.39, 0.29) is 10.5 Å². The Morgan fingerprint density at radius 2 is 1.75 bits per heavy atom. The molecule has 0 unspecified atom stereocenters.